The fourth-order valence-electron chi connectivity index (χ4n) is 1.56. The summed E-state index contributed by atoms with van der Waals surface area (Å²) in [5.74, 6) is 4.87. The molecule has 0 saturated heterocycles. The predicted molar refractivity (Wildman–Crippen MR) is 72.1 cm³/mol. The Morgan fingerprint density at radius 1 is 1.50 bits per heavy atom. The molecular weight excluding hydrogens is 259 g/mol. The average Bonchev–Trinajstić information content (AvgIpc) is 2.96. The highest BCUT2D eigenvalue weighted by molar-refractivity contribution is 5.94. The Bertz CT molecular complexity index is 656. The molecular formula is C14H13FN4O. The molecule has 0 radical (unpaired) electrons. The largest absolute Gasteiger partial charge is 0.347 e. The lowest BCUT2D eigenvalue weighted by Gasteiger charge is -2.04. The number of benzene rings is 1. The number of amides is 1. The minimum Gasteiger partial charge on any atom is -0.347 e. The van der Waals surface area contributed by atoms with Crippen molar-refractivity contribution < 1.29 is 9.18 Å². The Morgan fingerprint density at radius 2 is 2.35 bits per heavy atom. The zero-order valence-corrected chi connectivity index (χ0v) is 10.6. The molecule has 0 spiro atoms. The summed E-state index contributed by atoms with van der Waals surface area (Å²) in [6, 6.07) is 4.12. The molecule has 20 heavy (non-hydrogen) atoms. The van der Waals surface area contributed by atoms with Crippen molar-refractivity contribution in [3.63, 3.8) is 0 Å². The van der Waals surface area contributed by atoms with Crippen molar-refractivity contribution in [1.82, 2.24) is 15.3 Å². The van der Waals surface area contributed by atoms with Crippen LogP contribution in [0.1, 0.15) is 21.7 Å². The highest BCUT2D eigenvalue weighted by Gasteiger charge is 2.09. The van der Waals surface area contributed by atoms with Crippen LogP contribution in [0.4, 0.5) is 4.39 Å². The third-order valence-corrected chi connectivity index (χ3v) is 2.53. The van der Waals surface area contributed by atoms with E-state index in [2.05, 4.69) is 27.1 Å². The number of H-pyrrole nitrogens is 1. The number of hydrogen-bond donors (Lipinski definition) is 3. The van der Waals surface area contributed by atoms with Crippen LogP contribution in [0.3, 0.4) is 0 Å². The Hall–Kier alpha value is -2.65. The van der Waals surface area contributed by atoms with Crippen molar-refractivity contribution in [2.75, 3.05) is 6.54 Å². The summed E-state index contributed by atoms with van der Waals surface area (Å²) in [4.78, 5) is 18.7. The number of nitrogens with one attached hydrogen (secondary N) is 2. The van der Waals surface area contributed by atoms with Gasteiger partial charge in [-0.25, -0.2) is 9.37 Å². The maximum Gasteiger partial charge on any atom is 0.251 e. The summed E-state index contributed by atoms with van der Waals surface area (Å²) in [6.07, 6.45) is 3.25. The van der Waals surface area contributed by atoms with Gasteiger partial charge in [0.05, 0.1) is 18.7 Å². The number of halogens is 1. The molecule has 5 nitrogen and oxygen atoms in total. The number of rotatable bonds is 3. The van der Waals surface area contributed by atoms with E-state index in [4.69, 9.17) is 5.73 Å². The molecule has 0 aliphatic carbocycles. The van der Waals surface area contributed by atoms with E-state index in [0.29, 0.717) is 5.82 Å². The van der Waals surface area contributed by atoms with E-state index >= 15 is 0 Å². The molecule has 1 heterocycles. The van der Waals surface area contributed by atoms with Gasteiger partial charge in [0.2, 0.25) is 0 Å². The Balaban J connectivity index is 2.05. The second-order valence-electron chi connectivity index (χ2n) is 3.92. The van der Waals surface area contributed by atoms with E-state index in [1.807, 2.05) is 0 Å². The quantitative estimate of drug-likeness (QED) is 0.722. The normalized spacial score (nSPS) is 9.70. The topological polar surface area (TPSA) is 83.8 Å². The molecule has 1 amide bonds. The molecule has 2 rings (SSSR count). The first-order valence-electron chi connectivity index (χ1n) is 5.95. The van der Waals surface area contributed by atoms with Crippen LogP contribution in [0.15, 0.2) is 30.6 Å². The van der Waals surface area contributed by atoms with Crippen molar-refractivity contribution in [2.45, 2.75) is 6.54 Å². The number of aromatic amines is 1. The number of hydrogen-bond acceptors (Lipinski definition) is 3. The summed E-state index contributed by atoms with van der Waals surface area (Å²) in [5, 5.41) is 2.64. The molecule has 1 aromatic carbocycles. The lowest BCUT2D eigenvalue weighted by molar-refractivity contribution is 0.0949. The first-order chi connectivity index (χ1) is 9.70. The fourth-order valence-corrected chi connectivity index (χ4v) is 1.56. The molecule has 0 fully saturated rings. The standard InChI is InChI=1S/C14H13FN4O/c15-12-8-11(4-3-10(12)2-1-5-16)14(20)19-9-13-17-6-7-18-13/h3-4,6-8H,5,9,16H2,(H,17,18)(H,19,20). The summed E-state index contributed by atoms with van der Waals surface area (Å²) in [5.41, 5.74) is 5.67. The van der Waals surface area contributed by atoms with E-state index < -0.39 is 5.82 Å². The predicted octanol–water partition coefficient (Wildman–Crippen LogP) is 0.789. The van der Waals surface area contributed by atoms with E-state index in [0.717, 1.165) is 6.07 Å². The van der Waals surface area contributed by atoms with Crippen LogP contribution >= 0.6 is 0 Å². The third kappa shape index (κ3) is 3.43. The van der Waals surface area contributed by atoms with Gasteiger partial charge in [0.15, 0.2) is 0 Å². The maximum absolute atomic E-state index is 13.7. The molecule has 2 aromatic rings. The van der Waals surface area contributed by atoms with Gasteiger partial charge in [0, 0.05) is 18.0 Å². The first-order valence-corrected chi connectivity index (χ1v) is 5.95. The van der Waals surface area contributed by atoms with Crippen molar-refractivity contribution in [2.24, 2.45) is 5.73 Å². The van der Waals surface area contributed by atoms with Gasteiger partial charge in [-0.1, -0.05) is 11.8 Å². The van der Waals surface area contributed by atoms with Crippen LogP contribution in [0.25, 0.3) is 0 Å². The highest BCUT2D eigenvalue weighted by atomic mass is 19.1. The Kier molecular flexibility index (Phi) is 4.47. The minimum absolute atomic E-state index is 0.158. The molecule has 0 atom stereocenters. The Labute approximate surface area is 115 Å². The van der Waals surface area contributed by atoms with Crippen LogP contribution < -0.4 is 11.1 Å². The van der Waals surface area contributed by atoms with Crippen LogP contribution in [-0.2, 0) is 6.54 Å². The third-order valence-electron chi connectivity index (χ3n) is 2.53. The van der Waals surface area contributed by atoms with Gasteiger partial charge >= 0.3 is 0 Å². The molecule has 0 unspecified atom stereocenters. The van der Waals surface area contributed by atoms with E-state index in [9.17, 15) is 9.18 Å². The molecule has 6 heteroatoms. The van der Waals surface area contributed by atoms with E-state index in [-0.39, 0.29) is 30.1 Å². The van der Waals surface area contributed by atoms with Gasteiger partial charge in [-0.05, 0) is 18.2 Å². The van der Waals surface area contributed by atoms with Gasteiger partial charge in [0.25, 0.3) is 5.91 Å². The van der Waals surface area contributed by atoms with Crippen molar-refractivity contribution in [3.8, 4) is 11.8 Å². The number of nitrogens with zero attached hydrogens (tertiary/aromatic N) is 1. The smallest absolute Gasteiger partial charge is 0.251 e. The second-order valence-corrected chi connectivity index (χ2v) is 3.92. The number of aromatic nitrogens is 2. The van der Waals surface area contributed by atoms with Gasteiger partial charge in [-0.2, -0.15) is 0 Å². The summed E-state index contributed by atoms with van der Waals surface area (Å²) < 4.78 is 13.7. The highest BCUT2D eigenvalue weighted by Crippen LogP contribution is 2.09. The maximum atomic E-state index is 13.7. The second kappa shape index (κ2) is 6.50. The number of imidazole rings is 1. The van der Waals surface area contributed by atoms with E-state index in [1.54, 1.807) is 12.4 Å². The van der Waals surface area contributed by atoms with Gasteiger partial charge in [-0.15, -0.1) is 0 Å². The fraction of sp³-hybridized carbons (Fsp3) is 0.143. The Morgan fingerprint density at radius 3 is 3.00 bits per heavy atom. The molecule has 102 valence electrons. The van der Waals surface area contributed by atoms with Crippen LogP contribution in [0, 0.1) is 17.7 Å². The molecule has 0 aliphatic rings. The average molecular weight is 272 g/mol. The van der Waals surface area contributed by atoms with Gasteiger partial charge in [0.1, 0.15) is 11.6 Å². The van der Waals surface area contributed by atoms with Crippen molar-refractivity contribution in [1.29, 1.82) is 0 Å². The van der Waals surface area contributed by atoms with Crippen LogP contribution in [0.5, 0.6) is 0 Å². The lowest BCUT2D eigenvalue weighted by Crippen LogP contribution is -2.23. The van der Waals surface area contributed by atoms with E-state index in [1.165, 1.54) is 12.1 Å². The number of carbonyl (C=O) groups excluding carboxylic acids is 1. The molecule has 0 aliphatic heterocycles. The van der Waals surface area contributed by atoms with Gasteiger partial charge in [-0.3, -0.25) is 4.79 Å². The molecule has 4 N–H and O–H groups in total. The molecule has 0 saturated carbocycles. The number of carbonyl (C=O) groups is 1. The van der Waals surface area contributed by atoms with Crippen LogP contribution in [0.2, 0.25) is 0 Å². The minimum atomic E-state index is -0.545. The van der Waals surface area contributed by atoms with Gasteiger partial charge < -0.3 is 16.0 Å². The summed E-state index contributed by atoms with van der Waals surface area (Å²) in [7, 11) is 0. The van der Waals surface area contributed by atoms with Crippen LogP contribution in [-0.4, -0.2) is 22.4 Å². The molecule has 0 bridgehead atoms. The summed E-state index contributed by atoms with van der Waals surface area (Å²) >= 11 is 0. The zero-order chi connectivity index (χ0) is 14.4. The SMILES string of the molecule is NCC#Cc1ccc(C(=O)NCc2ncc[nH]2)cc1F. The monoisotopic (exact) mass is 272 g/mol. The first kappa shape index (κ1) is 13.8. The lowest BCUT2D eigenvalue weighted by atomic mass is 10.1. The van der Waals surface area contributed by atoms with Crippen molar-refractivity contribution in [3.05, 3.63) is 53.4 Å². The summed E-state index contributed by atoms with van der Waals surface area (Å²) in [6.45, 7) is 0.410. The number of nitrogens with two attached hydrogens (primary N) is 1. The molecule has 1 aromatic heterocycles. The van der Waals surface area contributed by atoms with Crippen molar-refractivity contribution >= 4 is 5.91 Å². The zero-order valence-electron chi connectivity index (χ0n) is 10.6.